The molecule has 0 atom stereocenters. The number of hydrogen-bond donors (Lipinski definition) is 3. The zero-order valence-electron chi connectivity index (χ0n) is 7.00. The third kappa shape index (κ3) is 2.54. The minimum absolute atomic E-state index is 0.0570. The number of aliphatic hydroxyl groups is 1. The lowest BCUT2D eigenvalue weighted by atomic mass is 10.2. The van der Waals surface area contributed by atoms with E-state index in [1.807, 2.05) is 0 Å². The smallest absolute Gasteiger partial charge is 0.148 e. The number of nitrogens with two attached hydrogens (primary N) is 1. The summed E-state index contributed by atoms with van der Waals surface area (Å²) in [5.41, 5.74) is 3.17. The summed E-state index contributed by atoms with van der Waals surface area (Å²) in [6.07, 6.45) is 3.16. The predicted octanol–water partition coefficient (Wildman–Crippen LogP) is 1.12. The Labute approximate surface area is 75.7 Å². The molecule has 1 aromatic rings. The first-order valence-corrected chi connectivity index (χ1v) is 3.81. The van der Waals surface area contributed by atoms with Crippen LogP contribution in [0.3, 0.4) is 0 Å². The van der Waals surface area contributed by atoms with Gasteiger partial charge >= 0.3 is 0 Å². The van der Waals surface area contributed by atoms with Gasteiger partial charge in [0, 0.05) is 0 Å². The maximum absolute atomic E-state index is 13.0. The fourth-order valence-corrected chi connectivity index (χ4v) is 0.941. The number of hydrazine groups is 1. The number of nitrogens with one attached hydrogen (secondary N) is 1. The van der Waals surface area contributed by atoms with Crippen LogP contribution in [0.25, 0.3) is 6.08 Å². The monoisotopic (exact) mass is 182 g/mol. The molecule has 13 heavy (non-hydrogen) atoms. The van der Waals surface area contributed by atoms with Crippen LogP contribution in [0.15, 0.2) is 24.3 Å². The van der Waals surface area contributed by atoms with Gasteiger partial charge in [-0.15, -0.1) is 0 Å². The number of halogens is 1. The van der Waals surface area contributed by atoms with E-state index < -0.39 is 5.82 Å². The van der Waals surface area contributed by atoms with Gasteiger partial charge in [-0.1, -0.05) is 18.2 Å². The molecular formula is C9H11FN2O. The summed E-state index contributed by atoms with van der Waals surface area (Å²) >= 11 is 0. The number of benzene rings is 1. The Balaban J connectivity index is 2.89. The standard InChI is InChI=1S/C9H11FN2O/c10-8-6-7(2-1-5-13)3-4-9(8)12-11/h1-4,6,12-13H,5,11H2. The Morgan fingerprint density at radius 3 is 2.85 bits per heavy atom. The third-order valence-corrected chi connectivity index (χ3v) is 1.56. The van der Waals surface area contributed by atoms with Crippen molar-refractivity contribution in [3.05, 3.63) is 35.7 Å². The summed E-state index contributed by atoms with van der Waals surface area (Å²) in [6.45, 7) is -0.0570. The molecule has 1 rings (SSSR count). The number of anilines is 1. The molecule has 0 unspecified atom stereocenters. The quantitative estimate of drug-likeness (QED) is 0.485. The van der Waals surface area contributed by atoms with Gasteiger partial charge in [-0.2, -0.15) is 0 Å². The number of rotatable bonds is 3. The SMILES string of the molecule is NNc1ccc(C=CCO)cc1F. The highest BCUT2D eigenvalue weighted by Crippen LogP contribution is 2.15. The van der Waals surface area contributed by atoms with E-state index in [1.54, 1.807) is 12.1 Å². The van der Waals surface area contributed by atoms with E-state index in [0.717, 1.165) is 0 Å². The first kappa shape index (κ1) is 9.70. The molecular weight excluding hydrogens is 171 g/mol. The van der Waals surface area contributed by atoms with Gasteiger partial charge in [-0.3, -0.25) is 5.84 Å². The van der Waals surface area contributed by atoms with Crippen molar-refractivity contribution in [3.63, 3.8) is 0 Å². The zero-order valence-corrected chi connectivity index (χ0v) is 7.00. The molecule has 3 nitrogen and oxygen atoms in total. The molecule has 70 valence electrons. The molecule has 0 fully saturated rings. The predicted molar refractivity (Wildman–Crippen MR) is 50.3 cm³/mol. The Bertz CT molecular complexity index is 312. The Hall–Kier alpha value is -1.39. The van der Waals surface area contributed by atoms with Crippen LogP contribution in [0.5, 0.6) is 0 Å². The van der Waals surface area contributed by atoms with Crippen LogP contribution in [0, 0.1) is 5.82 Å². The van der Waals surface area contributed by atoms with E-state index in [2.05, 4.69) is 5.43 Å². The fourth-order valence-electron chi connectivity index (χ4n) is 0.941. The second-order valence-electron chi connectivity index (χ2n) is 2.47. The number of nitrogen functional groups attached to an aromatic ring is 1. The first-order chi connectivity index (χ1) is 6.27. The molecule has 4 heteroatoms. The average molecular weight is 182 g/mol. The average Bonchev–Trinajstić information content (AvgIpc) is 2.15. The molecule has 0 amide bonds. The highest BCUT2D eigenvalue weighted by atomic mass is 19.1. The van der Waals surface area contributed by atoms with Gasteiger partial charge in [0.1, 0.15) is 5.82 Å². The van der Waals surface area contributed by atoms with Crippen molar-refractivity contribution in [1.82, 2.24) is 0 Å². The summed E-state index contributed by atoms with van der Waals surface area (Å²) in [7, 11) is 0. The van der Waals surface area contributed by atoms with Gasteiger partial charge in [-0.05, 0) is 17.7 Å². The Kier molecular flexibility index (Phi) is 3.42. The zero-order chi connectivity index (χ0) is 9.68. The van der Waals surface area contributed by atoms with E-state index in [9.17, 15) is 4.39 Å². The molecule has 0 spiro atoms. The van der Waals surface area contributed by atoms with Crippen LogP contribution >= 0.6 is 0 Å². The van der Waals surface area contributed by atoms with E-state index in [-0.39, 0.29) is 12.3 Å². The van der Waals surface area contributed by atoms with Gasteiger partial charge < -0.3 is 10.5 Å². The largest absolute Gasteiger partial charge is 0.392 e. The Morgan fingerprint density at radius 2 is 2.31 bits per heavy atom. The summed E-state index contributed by atoms with van der Waals surface area (Å²) < 4.78 is 13.0. The van der Waals surface area contributed by atoms with Crippen LogP contribution in [-0.2, 0) is 0 Å². The summed E-state index contributed by atoms with van der Waals surface area (Å²) in [5, 5.41) is 8.48. The molecule has 0 aliphatic heterocycles. The third-order valence-electron chi connectivity index (χ3n) is 1.56. The summed E-state index contributed by atoms with van der Waals surface area (Å²) in [6, 6.07) is 4.57. The van der Waals surface area contributed by atoms with Gasteiger partial charge in [0.15, 0.2) is 0 Å². The molecule has 0 aliphatic carbocycles. The van der Waals surface area contributed by atoms with Crippen molar-refractivity contribution in [3.8, 4) is 0 Å². The first-order valence-electron chi connectivity index (χ1n) is 3.81. The highest BCUT2D eigenvalue weighted by Gasteiger charge is 1.98. The van der Waals surface area contributed by atoms with Crippen molar-refractivity contribution in [2.75, 3.05) is 12.0 Å². The van der Waals surface area contributed by atoms with E-state index in [0.29, 0.717) is 5.56 Å². The molecule has 4 N–H and O–H groups in total. The number of aliphatic hydroxyl groups excluding tert-OH is 1. The summed E-state index contributed by atoms with van der Waals surface area (Å²) in [5.74, 6) is 4.64. The molecule has 0 heterocycles. The van der Waals surface area contributed by atoms with Crippen LogP contribution in [0.2, 0.25) is 0 Å². The second-order valence-corrected chi connectivity index (χ2v) is 2.47. The van der Waals surface area contributed by atoms with Crippen LogP contribution in [-0.4, -0.2) is 11.7 Å². The topological polar surface area (TPSA) is 58.3 Å². The molecule has 0 saturated heterocycles. The second kappa shape index (κ2) is 4.59. The van der Waals surface area contributed by atoms with Crippen LogP contribution in [0.1, 0.15) is 5.56 Å². The van der Waals surface area contributed by atoms with E-state index >= 15 is 0 Å². The lowest BCUT2D eigenvalue weighted by Crippen LogP contribution is -2.08. The van der Waals surface area contributed by atoms with Crippen molar-refractivity contribution < 1.29 is 9.50 Å². The van der Waals surface area contributed by atoms with Gasteiger partial charge in [0.25, 0.3) is 0 Å². The lowest BCUT2D eigenvalue weighted by molar-refractivity contribution is 0.343. The maximum atomic E-state index is 13.0. The molecule has 0 bridgehead atoms. The minimum atomic E-state index is -0.414. The highest BCUT2D eigenvalue weighted by molar-refractivity contribution is 5.55. The fraction of sp³-hybridized carbons (Fsp3) is 0.111. The normalized spacial score (nSPS) is 10.7. The van der Waals surface area contributed by atoms with Gasteiger partial charge in [0.05, 0.1) is 12.3 Å². The van der Waals surface area contributed by atoms with Crippen molar-refractivity contribution >= 4 is 11.8 Å². The van der Waals surface area contributed by atoms with Crippen molar-refractivity contribution in [2.24, 2.45) is 5.84 Å². The number of hydrogen-bond acceptors (Lipinski definition) is 3. The van der Waals surface area contributed by atoms with E-state index in [4.69, 9.17) is 10.9 Å². The lowest BCUT2D eigenvalue weighted by Gasteiger charge is -2.01. The van der Waals surface area contributed by atoms with Gasteiger partial charge in [-0.25, -0.2) is 4.39 Å². The van der Waals surface area contributed by atoms with Crippen molar-refractivity contribution in [1.29, 1.82) is 0 Å². The van der Waals surface area contributed by atoms with Crippen molar-refractivity contribution in [2.45, 2.75) is 0 Å². The molecule has 0 saturated carbocycles. The van der Waals surface area contributed by atoms with Crippen LogP contribution < -0.4 is 11.3 Å². The molecule has 0 aliphatic rings. The van der Waals surface area contributed by atoms with E-state index in [1.165, 1.54) is 18.2 Å². The minimum Gasteiger partial charge on any atom is -0.392 e. The molecule has 0 radical (unpaired) electrons. The van der Waals surface area contributed by atoms with Crippen LogP contribution in [0.4, 0.5) is 10.1 Å². The maximum Gasteiger partial charge on any atom is 0.148 e. The molecule has 0 aromatic heterocycles. The molecule has 1 aromatic carbocycles. The van der Waals surface area contributed by atoms with Gasteiger partial charge in [0.2, 0.25) is 0 Å². The summed E-state index contributed by atoms with van der Waals surface area (Å²) in [4.78, 5) is 0. The Morgan fingerprint density at radius 1 is 1.54 bits per heavy atom.